The van der Waals surface area contributed by atoms with Crippen LogP contribution < -0.4 is 0 Å². The van der Waals surface area contributed by atoms with E-state index in [1.165, 1.54) is 0 Å². The van der Waals surface area contributed by atoms with Gasteiger partial charge in [0.05, 0.1) is 6.61 Å². The molecule has 2 nitrogen and oxygen atoms in total. The SMILES string of the molecule is CCCC#C[C@H]1O[C@@H]1CO. The van der Waals surface area contributed by atoms with E-state index in [4.69, 9.17) is 9.84 Å². The van der Waals surface area contributed by atoms with Gasteiger partial charge in [0.1, 0.15) is 12.2 Å². The second-order valence-electron chi connectivity index (χ2n) is 2.35. The Labute approximate surface area is 61.2 Å². The summed E-state index contributed by atoms with van der Waals surface area (Å²) in [5, 5.41) is 8.54. The van der Waals surface area contributed by atoms with Crippen molar-refractivity contribution in [1.82, 2.24) is 0 Å². The third-order valence-electron chi connectivity index (χ3n) is 1.38. The number of unbranched alkanes of at least 4 members (excludes halogenated alkanes) is 1. The van der Waals surface area contributed by atoms with E-state index < -0.39 is 0 Å². The molecule has 10 heavy (non-hydrogen) atoms. The fourth-order valence-electron chi connectivity index (χ4n) is 0.706. The van der Waals surface area contributed by atoms with E-state index in [2.05, 4.69) is 18.8 Å². The van der Waals surface area contributed by atoms with Crippen LogP contribution in [0, 0.1) is 11.8 Å². The summed E-state index contributed by atoms with van der Waals surface area (Å²) >= 11 is 0. The number of rotatable bonds is 2. The van der Waals surface area contributed by atoms with Crippen LogP contribution in [-0.2, 0) is 4.74 Å². The fraction of sp³-hybridized carbons (Fsp3) is 0.750. The van der Waals surface area contributed by atoms with Crippen LogP contribution >= 0.6 is 0 Å². The van der Waals surface area contributed by atoms with E-state index in [9.17, 15) is 0 Å². The third-order valence-corrected chi connectivity index (χ3v) is 1.38. The van der Waals surface area contributed by atoms with Crippen molar-refractivity contribution in [2.24, 2.45) is 0 Å². The van der Waals surface area contributed by atoms with Gasteiger partial charge in [-0.15, -0.1) is 5.92 Å². The maximum Gasteiger partial charge on any atom is 0.147 e. The lowest BCUT2D eigenvalue weighted by molar-refractivity contribution is 0.243. The highest BCUT2D eigenvalue weighted by Gasteiger charge is 2.36. The summed E-state index contributed by atoms with van der Waals surface area (Å²) < 4.78 is 4.99. The molecule has 0 aromatic rings. The highest BCUT2D eigenvalue weighted by Crippen LogP contribution is 2.19. The first-order valence-corrected chi connectivity index (χ1v) is 3.63. The maximum absolute atomic E-state index is 8.54. The summed E-state index contributed by atoms with van der Waals surface area (Å²) in [6.45, 7) is 2.19. The second-order valence-corrected chi connectivity index (χ2v) is 2.35. The summed E-state index contributed by atoms with van der Waals surface area (Å²) in [4.78, 5) is 0. The zero-order valence-corrected chi connectivity index (χ0v) is 6.13. The van der Waals surface area contributed by atoms with E-state index in [0.29, 0.717) is 0 Å². The van der Waals surface area contributed by atoms with Gasteiger partial charge in [-0.3, -0.25) is 0 Å². The molecular formula is C8H12O2. The molecule has 56 valence electrons. The van der Waals surface area contributed by atoms with Gasteiger partial charge >= 0.3 is 0 Å². The Morgan fingerprint density at radius 1 is 1.60 bits per heavy atom. The molecule has 0 bridgehead atoms. The lowest BCUT2D eigenvalue weighted by Crippen LogP contribution is -1.95. The van der Waals surface area contributed by atoms with Gasteiger partial charge in [0.2, 0.25) is 0 Å². The smallest absolute Gasteiger partial charge is 0.147 e. The van der Waals surface area contributed by atoms with E-state index >= 15 is 0 Å². The Balaban J connectivity index is 2.12. The minimum atomic E-state index is 0.00403. The molecule has 0 aromatic carbocycles. The zero-order valence-electron chi connectivity index (χ0n) is 6.13. The molecule has 2 atom stereocenters. The van der Waals surface area contributed by atoms with E-state index in [-0.39, 0.29) is 18.8 Å². The van der Waals surface area contributed by atoms with Gasteiger partial charge in [0.25, 0.3) is 0 Å². The first-order valence-electron chi connectivity index (χ1n) is 3.63. The molecule has 1 fully saturated rings. The van der Waals surface area contributed by atoms with Crippen LogP contribution in [0.5, 0.6) is 0 Å². The quantitative estimate of drug-likeness (QED) is 0.449. The largest absolute Gasteiger partial charge is 0.394 e. The molecule has 0 aliphatic carbocycles. The topological polar surface area (TPSA) is 32.8 Å². The first kappa shape index (κ1) is 7.59. The molecular weight excluding hydrogens is 128 g/mol. The maximum atomic E-state index is 8.54. The summed E-state index contributed by atoms with van der Waals surface area (Å²) in [7, 11) is 0. The van der Waals surface area contributed by atoms with Crippen LogP contribution in [-0.4, -0.2) is 23.9 Å². The van der Waals surface area contributed by atoms with Crippen molar-refractivity contribution in [1.29, 1.82) is 0 Å². The highest BCUT2D eigenvalue weighted by atomic mass is 16.6. The molecule has 0 amide bonds. The summed E-state index contributed by atoms with van der Waals surface area (Å²) in [5.74, 6) is 5.90. The van der Waals surface area contributed by atoms with Crippen molar-refractivity contribution >= 4 is 0 Å². The van der Waals surface area contributed by atoms with E-state index in [1.807, 2.05) is 0 Å². The number of epoxide rings is 1. The number of aliphatic hydroxyl groups excluding tert-OH is 1. The van der Waals surface area contributed by atoms with Gasteiger partial charge in [-0.1, -0.05) is 12.8 Å². The molecule has 1 N–H and O–H groups in total. The van der Waals surface area contributed by atoms with Crippen LogP contribution in [0.15, 0.2) is 0 Å². The van der Waals surface area contributed by atoms with Crippen molar-refractivity contribution < 1.29 is 9.84 Å². The van der Waals surface area contributed by atoms with Gasteiger partial charge in [0.15, 0.2) is 0 Å². The Morgan fingerprint density at radius 3 is 2.90 bits per heavy atom. The molecule has 0 unspecified atom stereocenters. The van der Waals surface area contributed by atoms with Crippen LogP contribution in [0.2, 0.25) is 0 Å². The van der Waals surface area contributed by atoms with Crippen LogP contribution in [0.1, 0.15) is 19.8 Å². The third kappa shape index (κ3) is 2.02. The highest BCUT2D eigenvalue weighted by molar-refractivity contribution is 5.13. The van der Waals surface area contributed by atoms with Crippen molar-refractivity contribution in [3.05, 3.63) is 0 Å². The summed E-state index contributed by atoms with van der Waals surface area (Å²) in [6.07, 6.45) is 2.04. The molecule has 1 rings (SSSR count). The van der Waals surface area contributed by atoms with Crippen molar-refractivity contribution in [2.45, 2.75) is 32.0 Å². The molecule has 0 spiro atoms. The molecule has 2 heteroatoms. The van der Waals surface area contributed by atoms with Crippen molar-refractivity contribution in [2.75, 3.05) is 6.61 Å². The van der Waals surface area contributed by atoms with Gasteiger partial charge in [-0.25, -0.2) is 0 Å². The van der Waals surface area contributed by atoms with Gasteiger partial charge in [-0.2, -0.15) is 0 Å². The Morgan fingerprint density at radius 2 is 2.40 bits per heavy atom. The molecule has 0 aromatic heterocycles. The fourth-order valence-corrected chi connectivity index (χ4v) is 0.706. The van der Waals surface area contributed by atoms with Crippen LogP contribution in [0.25, 0.3) is 0 Å². The average Bonchev–Trinajstić information content (AvgIpc) is 2.68. The molecule has 0 radical (unpaired) electrons. The molecule has 1 aliphatic rings. The zero-order chi connectivity index (χ0) is 7.40. The normalized spacial score (nSPS) is 29.0. The monoisotopic (exact) mass is 140 g/mol. The van der Waals surface area contributed by atoms with Gasteiger partial charge in [-0.05, 0) is 6.42 Å². The first-order chi connectivity index (χ1) is 4.88. The van der Waals surface area contributed by atoms with Crippen LogP contribution in [0.3, 0.4) is 0 Å². The van der Waals surface area contributed by atoms with E-state index in [1.54, 1.807) is 0 Å². The number of aliphatic hydroxyl groups is 1. The average molecular weight is 140 g/mol. The lowest BCUT2D eigenvalue weighted by Gasteiger charge is -1.77. The lowest BCUT2D eigenvalue weighted by atomic mass is 10.3. The molecule has 0 saturated carbocycles. The van der Waals surface area contributed by atoms with E-state index in [0.717, 1.165) is 12.8 Å². The molecule has 1 saturated heterocycles. The summed E-state index contributed by atoms with van der Waals surface area (Å²) in [6, 6.07) is 0. The number of hydrogen-bond acceptors (Lipinski definition) is 2. The second kappa shape index (κ2) is 3.60. The van der Waals surface area contributed by atoms with Crippen molar-refractivity contribution in [3.63, 3.8) is 0 Å². The van der Waals surface area contributed by atoms with Crippen molar-refractivity contribution in [3.8, 4) is 11.8 Å². The Bertz CT molecular complexity index is 154. The molecule has 1 heterocycles. The number of hydrogen-bond donors (Lipinski definition) is 1. The predicted molar refractivity (Wildman–Crippen MR) is 38.4 cm³/mol. The van der Waals surface area contributed by atoms with Crippen LogP contribution in [0.4, 0.5) is 0 Å². The Hall–Kier alpha value is -0.520. The minimum absolute atomic E-state index is 0.00403. The van der Waals surface area contributed by atoms with Gasteiger partial charge < -0.3 is 9.84 Å². The molecule has 1 aliphatic heterocycles. The number of ether oxygens (including phenoxy) is 1. The van der Waals surface area contributed by atoms with Gasteiger partial charge in [0, 0.05) is 6.42 Å². The Kier molecular flexibility index (Phi) is 2.73. The predicted octanol–water partition coefficient (Wildman–Crippen LogP) is 0.550. The standard InChI is InChI=1S/C8H12O2/c1-2-3-4-5-7-8(6-9)10-7/h7-9H,2-3,6H2,1H3/t7-,8-/m1/s1. The summed E-state index contributed by atoms with van der Waals surface area (Å²) in [5.41, 5.74) is 0. The minimum Gasteiger partial charge on any atom is -0.394 e.